The summed E-state index contributed by atoms with van der Waals surface area (Å²) in [6.45, 7) is 6.40. The van der Waals surface area contributed by atoms with Crippen molar-refractivity contribution in [3.63, 3.8) is 0 Å². The van der Waals surface area contributed by atoms with Crippen LogP contribution in [-0.4, -0.2) is 15.7 Å². The normalized spacial score (nSPS) is 11.8. The smallest absolute Gasteiger partial charge is 0.250 e. The van der Waals surface area contributed by atoms with Crippen molar-refractivity contribution in [3.05, 3.63) is 35.7 Å². The minimum absolute atomic E-state index is 0.0446. The number of hydrogen-bond acceptors (Lipinski definition) is 4. The van der Waals surface area contributed by atoms with Crippen LogP contribution in [0.5, 0.6) is 0 Å². The van der Waals surface area contributed by atoms with E-state index in [4.69, 9.17) is 4.42 Å². The van der Waals surface area contributed by atoms with E-state index in [1.807, 2.05) is 20.8 Å². The minimum atomic E-state index is -0.723. The number of nitrogens with one attached hydrogen (secondary N) is 1. The summed E-state index contributed by atoms with van der Waals surface area (Å²) in [5.74, 6) is -0.966. The number of hydrogen-bond donors (Lipinski definition) is 1. The molecule has 0 bridgehead atoms. The highest BCUT2D eigenvalue weighted by Gasteiger charge is 2.15. The van der Waals surface area contributed by atoms with E-state index < -0.39 is 11.6 Å². The summed E-state index contributed by atoms with van der Waals surface area (Å²) in [5, 5.41) is 10.8. The molecule has 0 radical (unpaired) electrons. The molecule has 1 heterocycles. The van der Waals surface area contributed by atoms with Gasteiger partial charge in [0.15, 0.2) is 0 Å². The van der Waals surface area contributed by atoms with Crippen molar-refractivity contribution >= 4 is 0 Å². The van der Waals surface area contributed by atoms with Crippen LogP contribution in [0.1, 0.15) is 26.7 Å². The third-order valence-corrected chi connectivity index (χ3v) is 2.40. The lowest BCUT2D eigenvalue weighted by molar-refractivity contribution is 0.383. The molecule has 0 aliphatic heterocycles. The fourth-order valence-electron chi connectivity index (χ4n) is 1.44. The number of benzene rings is 1. The number of nitrogens with zero attached hydrogens (tertiary/aromatic N) is 2. The zero-order valence-corrected chi connectivity index (χ0v) is 11.0. The van der Waals surface area contributed by atoms with Crippen LogP contribution < -0.4 is 5.32 Å². The van der Waals surface area contributed by atoms with Gasteiger partial charge in [-0.3, -0.25) is 0 Å². The largest absolute Gasteiger partial charge is 0.419 e. The van der Waals surface area contributed by atoms with Gasteiger partial charge in [-0.1, -0.05) is 0 Å². The van der Waals surface area contributed by atoms with Gasteiger partial charge in [-0.25, -0.2) is 8.78 Å². The van der Waals surface area contributed by atoms with Gasteiger partial charge in [-0.15, -0.1) is 10.2 Å². The van der Waals surface area contributed by atoms with E-state index in [0.29, 0.717) is 12.4 Å². The Balaban J connectivity index is 2.16. The second-order valence-electron chi connectivity index (χ2n) is 5.23. The molecule has 4 nitrogen and oxygen atoms in total. The topological polar surface area (TPSA) is 51.0 Å². The first kappa shape index (κ1) is 13.6. The van der Waals surface area contributed by atoms with Crippen molar-refractivity contribution in [2.75, 3.05) is 0 Å². The molecule has 1 aromatic heterocycles. The SMILES string of the molecule is CC(C)(C)NCc1nnc(-c2ccc(F)cc2F)o1. The second-order valence-corrected chi connectivity index (χ2v) is 5.23. The predicted molar refractivity (Wildman–Crippen MR) is 66.2 cm³/mol. The average Bonchev–Trinajstić information content (AvgIpc) is 2.74. The fourth-order valence-corrected chi connectivity index (χ4v) is 1.44. The Kier molecular flexibility index (Phi) is 3.61. The van der Waals surface area contributed by atoms with Crippen molar-refractivity contribution in [2.24, 2.45) is 0 Å². The maximum atomic E-state index is 13.5. The quantitative estimate of drug-likeness (QED) is 0.929. The molecular weight excluding hydrogens is 252 g/mol. The van der Waals surface area contributed by atoms with Gasteiger partial charge in [-0.2, -0.15) is 0 Å². The summed E-state index contributed by atoms with van der Waals surface area (Å²) in [5.41, 5.74) is 0.00589. The summed E-state index contributed by atoms with van der Waals surface area (Å²) < 4.78 is 31.7. The molecule has 0 fully saturated rings. The highest BCUT2D eigenvalue weighted by molar-refractivity contribution is 5.53. The Morgan fingerprint density at radius 1 is 1.21 bits per heavy atom. The molecule has 19 heavy (non-hydrogen) atoms. The van der Waals surface area contributed by atoms with Gasteiger partial charge in [0.25, 0.3) is 5.89 Å². The van der Waals surface area contributed by atoms with Crippen molar-refractivity contribution in [1.29, 1.82) is 0 Å². The van der Waals surface area contributed by atoms with Gasteiger partial charge in [0.2, 0.25) is 5.89 Å². The van der Waals surface area contributed by atoms with Crippen LogP contribution in [0.2, 0.25) is 0 Å². The van der Waals surface area contributed by atoms with Crippen LogP contribution in [0.15, 0.2) is 22.6 Å². The van der Waals surface area contributed by atoms with Crippen molar-refractivity contribution in [2.45, 2.75) is 32.9 Å². The molecule has 0 amide bonds. The van der Waals surface area contributed by atoms with Gasteiger partial charge in [0.1, 0.15) is 11.6 Å². The first-order valence-electron chi connectivity index (χ1n) is 5.88. The van der Waals surface area contributed by atoms with E-state index in [0.717, 1.165) is 12.1 Å². The summed E-state index contributed by atoms with van der Waals surface area (Å²) in [4.78, 5) is 0. The summed E-state index contributed by atoms with van der Waals surface area (Å²) in [6.07, 6.45) is 0. The Hall–Kier alpha value is -1.82. The van der Waals surface area contributed by atoms with Crippen LogP contribution in [0.4, 0.5) is 8.78 Å². The summed E-state index contributed by atoms with van der Waals surface area (Å²) in [7, 11) is 0. The third-order valence-electron chi connectivity index (χ3n) is 2.40. The molecule has 0 aliphatic carbocycles. The predicted octanol–water partition coefficient (Wildman–Crippen LogP) is 2.90. The van der Waals surface area contributed by atoms with Gasteiger partial charge in [-0.05, 0) is 32.9 Å². The van der Waals surface area contributed by atoms with Crippen LogP contribution in [0, 0.1) is 11.6 Å². The Morgan fingerprint density at radius 3 is 2.58 bits per heavy atom. The number of halogens is 2. The van der Waals surface area contributed by atoms with E-state index in [1.165, 1.54) is 6.07 Å². The van der Waals surface area contributed by atoms with Gasteiger partial charge in [0, 0.05) is 11.6 Å². The first-order chi connectivity index (χ1) is 8.85. The average molecular weight is 267 g/mol. The van der Waals surface area contributed by atoms with Crippen LogP contribution in [0.3, 0.4) is 0 Å². The molecule has 0 spiro atoms. The van der Waals surface area contributed by atoms with Crippen molar-refractivity contribution in [3.8, 4) is 11.5 Å². The Morgan fingerprint density at radius 2 is 1.95 bits per heavy atom. The van der Waals surface area contributed by atoms with Gasteiger partial charge in [0.05, 0.1) is 12.1 Å². The molecule has 0 unspecified atom stereocenters. The maximum absolute atomic E-state index is 13.5. The van der Waals surface area contributed by atoms with Crippen LogP contribution in [-0.2, 0) is 6.54 Å². The molecule has 0 atom stereocenters. The van der Waals surface area contributed by atoms with E-state index in [9.17, 15) is 8.78 Å². The zero-order valence-electron chi connectivity index (χ0n) is 11.0. The minimum Gasteiger partial charge on any atom is -0.419 e. The summed E-state index contributed by atoms with van der Waals surface area (Å²) >= 11 is 0. The first-order valence-corrected chi connectivity index (χ1v) is 5.88. The highest BCUT2D eigenvalue weighted by Crippen LogP contribution is 2.22. The molecule has 1 N–H and O–H groups in total. The molecular formula is C13H15F2N3O. The molecule has 0 saturated heterocycles. The Labute approximate surface area is 109 Å². The van der Waals surface area contributed by atoms with Crippen LogP contribution in [0.25, 0.3) is 11.5 Å². The zero-order chi connectivity index (χ0) is 14.0. The van der Waals surface area contributed by atoms with Gasteiger partial charge >= 0.3 is 0 Å². The van der Waals surface area contributed by atoms with Crippen molar-refractivity contribution in [1.82, 2.24) is 15.5 Å². The second kappa shape index (κ2) is 5.05. The maximum Gasteiger partial charge on any atom is 0.250 e. The third kappa shape index (κ3) is 3.57. The fraction of sp³-hybridized carbons (Fsp3) is 0.385. The van der Waals surface area contributed by atoms with Crippen LogP contribution >= 0.6 is 0 Å². The standard InChI is InChI=1S/C13H15F2N3O/c1-13(2,3)16-7-11-17-18-12(19-11)9-5-4-8(14)6-10(9)15/h4-6,16H,7H2,1-3H3. The van der Waals surface area contributed by atoms with Gasteiger partial charge < -0.3 is 9.73 Å². The Bertz CT molecular complexity index is 576. The number of rotatable bonds is 3. The van der Waals surface area contributed by atoms with E-state index in [-0.39, 0.29) is 17.0 Å². The summed E-state index contributed by atoms with van der Waals surface area (Å²) in [6, 6.07) is 3.21. The number of aromatic nitrogens is 2. The molecule has 2 rings (SSSR count). The van der Waals surface area contributed by atoms with Crippen molar-refractivity contribution < 1.29 is 13.2 Å². The molecule has 102 valence electrons. The molecule has 1 aromatic carbocycles. The lowest BCUT2D eigenvalue weighted by Gasteiger charge is -2.18. The van der Waals surface area contributed by atoms with E-state index >= 15 is 0 Å². The van der Waals surface area contributed by atoms with E-state index in [2.05, 4.69) is 15.5 Å². The molecule has 0 aliphatic rings. The monoisotopic (exact) mass is 267 g/mol. The lowest BCUT2D eigenvalue weighted by atomic mass is 10.1. The highest BCUT2D eigenvalue weighted by atomic mass is 19.1. The van der Waals surface area contributed by atoms with E-state index in [1.54, 1.807) is 0 Å². The lowest BCUT2D eigenvalue weighted by Crippen LogP contribution is -2.35. The molecule has 6 heteroatoms. The molecule has 2 aromatic rings. The molecule has 0 saturated carbocycles.